The molecule has 0 aromatic rings. The van der Waals surface area contributed by atoms with Gasteiger partial charge in [-0.3, -0.25) is 0 Å². The van der Waals surface area contributed by atoms with Gasteiger partial charge < -0.3 is 9.47 Å². The zero-order valence-electron chi connectivity index (χ0n) is 5.05. The summed E-state index contributed by atoms with van der Waals surface area (Å²) < 4.78 is 9.57. The highest BCUT2D eigenvalue weighted by atomic mass is 32.1. The second kappa shape index (κ2) is 7.27. The molecule has 0 N–H and O–H groups in total. The first-order valence-corrected chi connectivity index (χ1v) is 3.14. The Bertz CT molecular complexity index is 35.4. The Morgan fingerprint density at radius 3 is 2.75 bits per heavy atom. The molecule has 0 saturated heterocycles. The predicted octanol–water partition coefficient (Wildman–Crippen LogP) is 1.19. The summed E-state index contributed by atoms with van der Waals surface area (Å²) in [5.41, 5.74) is 0. The molecule has 0 atom stereocenters. The number of hydrogen-bond acceptors (Lipinski definition) is 2. The lowest BCUT2D eigenvalue weighted by Crippen LogP contribution is -1.98. The van der Waals surface area contributed by atoms with Gasteiger partial charge in [-0.25, -0.2) is 0 Å². The number of methoxy groups -OCH3 is 1. The molecular weight excluding hydrogens is 124 g/mol. The van der Waals surface area contributed by atoms with Crippen LogP contribution in [0.5, 0.6) is 0 Å². The second-order valence-corrected chi connectivity index (χ2v) is 1.78. The van der Waals surface area contributed by atoms with Crippen LogP contribution in [0, 0.1) is 0 Å². The van der Waals surface area contributed by atoms with E-state index in [1.54, 1.807) is 7.11 Å². The fourth-order valence-electron chi connectivity index (χ4n) is 0.303. The minimum Gasteiger partial charge on any atom is -0.359 e. The van der Waals surface area contributed by atoms with Gasteiger partial charge in [-0.1, -0.05) is 12.6 Å². The van der Waals surface area contributed by atoms with Crippen LogP contribution in [0.2, 0.25) is 0 Å². The molecule has 0 aliphatic heterocycles. The smallest absolute Gasteiger partial charge is 0.146 e. The molecule has 0 bridgehead atoms. The third-order valence-electron chi connectivity index (χ3n) is 0.634. The molecule has 1 radical (unpaired) electrons. The molecule has 0 aromatic carbocycles. The second-order valence-electron chi connectivity index (χ2n) is 1.37. The maximum atomic E-state index is 4.93. The topological polar surface area (TPSA) is 18.5 Å². The molecule has 0 aromatic heterocycles. The van der Waals surface area contributed by atoms with E-state index in [2.05, 4.69) is 17.4 Å². The van der Waals surface area contributed by atoms with Crippen LogP contribution in [-0.4, -0.2) is 26.3 Å². The van der Waals surface area contributed by atoms with E-state index in [0.29, 0.717) is 6.79 Å². The molecule has 0 aliphatic rings. The number of rotatable bonds is 5. The van der Waals surface area contributed by atoms with Crippen LogP contribution in [0.1, 0.15) is 6.42 Å². The van der Waals surface area contributed by atoms with Crippen molar-refractivity contribution in [2.45, 2.75) is 6.42 Å². The molecule has 49 valence electrons. The van der Waals surface area contributed by atoms with Crippen LogP contribution < -0.4 is 0 Å². The highest BCUT2D eigenvalue weighted by molar-refractivity contribution is 7.80. The van der Waals surface area contributed by atoms with Gasteiger partial charge in [0.05, 0.1) is 6.61 Å². The van der Waals surface area contributed by atoms with Crippen LogP contribution in [0.15, 0.2) is 0 Å². The predicted molar refractivity (Wildman–Crippen MR) is 34.9 cm³/mol. The van der Waals surface area contributed by atoms with E-state index >= 15 is 0 Å². The van der Waals surface area contributed by atoms with Crippen molar-refractivity contribution in [3.63, 3.8) is 0 Å². The highest BCUT2D eigenvalue weighted by Gasteiger charge is 1.82. The molecule has 0 saturated carbocycles. The summed E-state index contributed by atoms with van der Waals surface area (Å²) in [7, 11) is 1.60. The normalized spacial score (nSPS) is 9.75. The van der Waals surface area contributed by atoms with E-state index in [4.69, 9.17) is 4.74 Å². The van der Waals surface area contributed by atoms with Gasteiger partial charge in [0.15, 0.2) is 0 Å². The van der Waals surface area contributed by atoms with Gasteiger partial charge in [0.25, 0.3) is 0 Å². The van der Waals surface area contributed by atoms with Crippen molar-refractivity contribution in [1.82, 2.24) is 0 Å². The Balaban J connectivity index is 2.53. The Morgan fingerprint density at radius 1 is 1.50 bits per heavy atom. The summed E-state index contributed by atoms with van der Waals surface area (Å²) in [6.45, 7) is 1.10. The Labute approximate surface area is 55.6 Å². The minimum absolute atomic E-state index is 0.384. The Kier molecular flexibility index (Phi) is 7.52. The van der Waals surface area contributed by atoms with Gasteiger partial charge in [0, 0.05) is 12.9 Å². The van der Waals surface area contributed by atoms with Crippen molar-refractivity contribution in [2.24, 2.45) is 0 Å². The van der Waals surface area contributed by atoms with Gasteiger partial charge in [-0.15, -0.1) is 0 Å². The first-order valence-electron chi connectivity index (χ1n) is 2.56. The van der Waals surface area contributed by atoms with Crippen molar-refractivity contribution in [2.75, 3.05) is 26.3 Å². The van der Waals surface area contributed by atoms with Crippen molar-refractivity contribution >= 4 is 12.6 Å². The van der Waals surface area contributed by atoms with E-state index in [1.165, 1.54) is 0 Å². The third kappa shape index (κ3) is 6.27. The molecule has 0 spiro atoms. The third-order valence-corrected chi connectivity index (χ3v) is 0.923. The molecule has 0 heterocycles. The van der Waals surface area contributed by atoms with E-state index in [9.17, 15) is 0 Å². The zero-order valence-corrected chi connectivity index (χ0v) is 5.87. The summed E-state index contributed by atoms with van der Waals surface area (Å²) in [5.74, 6) is 0.768. The molecule has 0 amide bonds. The van der Waals surface area contributed by atoms with Crippen molar-refractivity contribution in [1.29, 1.82) is 0 Å². The van der Waals surface area contributed by atoms with Crippen molar-refractivity contribution in [3.8, 4) is 0 Å². The van der Waals surface area contributed by atoms with Gasteiger partial charge in [0.2, 0.25) is 0 Å². The molecule has 3 heteroatoms. The minimum atomic E-state index is 0.384. The lowest BCUT2D eigenvalue weighted by Gasteiger charge is -1.98. The average Bonchev–Trinajstić information content (AvgIpc) is 1.81. The SMILES string of the molecule is COCOCCC[S]. The molecule has 0 rings (SSSR count). The maximum Gasteiger partial charge on any atom is 0.146 e. The molecule has 0 unspecified atom stereocenters. The fourth-order valence-corrected chi connectivity index (χ4v) is 0.421. The molecule has 2 nitrogen and oxygen atoms in total. The van der Waals surface area contributed by atoms with Crippen molar-refractivity contribution < 1.29 is 9.47 Å². The molecule has 0 aliphatic carbocycles. The Morgan fingerprint density at radius 2 is 2.25 bits per heavy atom. The first-order chi connectivity index (χ1) is 3.91. The van der Waals surface area contributed by atoms with Crippen LogP contribution in [0.4, 0.5) is 0 Å². The maximum absolute atomic E-state index is 4.93. The molecule has 0 fully saturated rings. The van der Waals surface area contributed by atoms with E-state index < -0.39 is 0 Å². The molecule has 8 heavy (non-hydrogen) atoms. The molecular formula is C5H11O2S. The summed E-state index contributed by atoms with van der Waals surface area (Å²) in [6, 6.07) is 0. The van der Waals surface area contributed by atoms with E-state index in [0.717, 1.165) is 18.8 Å². The van der Waals surface area contributed by atoms with Crippen LogP contribution >= 0.6 is 12.6 Å². The number of ether oxygens (including phenoxy) is 2. The first kappa shape index (κ1) is 8.27. The van der Waals surface area contributed by atoms with Crippen LogP contribution in [0.25, 0.3) is 0 Å². The van der Waals surface area contributed by atoms with Gasteiger partial charge in [-0.2, -0.15) is 0 Å². The van der Waals surface area contributed by atoms with E-state index in [-0.39, 0.29) is 0 Å². The van der Waals surface area contributed by atoms with E-state index in [1.807, 2.05) is 0 Å². The summed E-state index contributed by atoms with van der Waals surface area (Å²) in [6.07, 6.45) is 0.943. The van der Waals surface area contributed by atoms with Gasteiger partial charge in [-0.05, 0) is 6.42 Å². The lowest BCUT2D eigenvalue weighted by molar-refractivity contribution is -0.0297. The quantitative estimate of drug-likeness (QED) is 0.416. The fraction of sp³-hybridized carbons (Fsp3) is 1.00. The van der Waals surface area contributed by atoms with Crippen molar-refractivity contribution in [3.05, 3.63) is 0 Å². The van der Waals surface area contributed by atoms with Gasteiger partial charge in [0.1, 0.15) is 6.79 Å². The largest absolute Gasteiger partial charge is 0.359 e. The van der Waals surface area contributed by atoms with Crippen LogP contribution in [0.3, 0.4) is 0 Å². The van der Waals surface area contributed by atoms with Gasteiger partial charge >= 0.3 is 0 Å². The summed E-state index contributed by atoms with van der Waals surface area (Å²) >= 11 is 4.68. The summed E-state index contributed by atoms with van der Waals surface area (Å²) in [4.78, 5) is 0. The average molecular weight is 135 g/mol. The zero-order chi connectivity index (χ0) is 6.24. The lowest BCUT2D eigenvalue weighted by atomic mass is 10.5. The standard InChI is InChI=1S/C5H11O2S/c1-6-5-7-3-2-4-8/h2-5H2,1H3. The monoisotopic (exact) mass is 135 g/mol. The van der Waals surface area contributed by atoms with Crippen LogP contribution in [-0.2, 0) is 9.47 Å². The highest BCUT2D eigenvalue weighted by Crippen LogP contribution is 1.84. The Hall–Kier alpha value is 0.270. The number of hydrogen-bond donors (Lipinski definition) is 0. The summed E-state index contributed by atoms with van der Waals surface area (Å²) in [5, 5.41) is 0.